The van der Waals surface area contributed by atoms with E-state index < -0.39 is 0 Å². The van der Waals surface area contributed by atoms with Crippen LogP contribution in [0.3, 0.4) is 0 Å². The molecule has 1 aliphatic carbocycles. The Morgan fingerprint density at radius 3 is 2.85 bits per heavy atom. The van der Waals surface area contributed by atoms with Gasteiger partial charge in [-0.1, -0.05) is 13.8 Å². The molecule has 74 valence electrons. The largest absolute Gasteiger partial charge is 0.311 e. The zero-order valence-electron chi connectivity index (χ0n) is 8.77. The Labute approximate surface area is 80.7 Å². The van der Waals surface area contributed by atoms with Gasteiger partial charge >= 0.3 is 0 Å². The van der Waals surface area contributed by atoms with E-state index >= 15 is 0 Å². The third-order valence-electron chi connectivity index (χ3n) is 4.79. The third kappa shape index (κ3) is 0.774. The molecule has 1 saturated carbocycles. The first-order chi connectivity index (χ1) is 6.17. The van der Waals surface area contributed by atoms with Gasteiger partial charge in [-0.2, -0.15) is 0 Å². The van der Waals surface area contributed by atoms with Crippen LogP contribution < -0.4 is 5.32 Å². The summed E-state index contributed by atoms with van der Waals surface area (Å²) in [6.45, 7) is 8.74. The Kier molecular flexibility index (Phi) is 1.45. The fraction of sp³-hybridized carbons (Fsp3) is 1.00. The Morgan fingerprint density at radius 1 is 1.31 bits per heavy atom. The molecule has 3 aliphatic rings. The number of nitrogens with zero attached hydrogens (tertiary/aromatic N) is 1. The number of nitrogens with one attached hydrogen (secondary N) is 1. The van der Waals surface area contributed by atoms with Crippen LogP contribution in [-0.2, 0) is 0 Å². The monoisotopic (exact) mass is 180 g/mol. The second-order valence-electron chi connectivity index (χ2n) is 5.61. The minimum atomic E-state index is 0.547. The Hall–Kier alpha value is -0.0800. The molecule has 0 aromatic rings. The molecule has 0 aromatic carbocycles. The molecule has 3 rings (SSSR count). The van der Waals surface area contributed by atoms with E-state index in [1.54, 1.807) is 0 Å². The van der Waals surface area contributed by atoms with Gasteiger partial charge in [0.05, 0.1) is 0 Å². The van der Waals surface area contributed by atoms with Crippen LogP contribution in [0.15, 0.2) is 0 Å². The van der Waals surface area contributed by atoms with Crippen LogP contribution in [0.2, 0.25) is 0 Å². The summed E-state index contributed by atoms with van der Waals surface area (Å²) in [5.74, 6) is 0. The Morgan fingerprint density at radius 2 is 2.15 bits per heavy atom. The lowest BCUT2D eigenvalue weighted by Crippen LogP contribution is -2.78. The standard InChI is InChI=1S/C11H20N2/c1-10(2)8-9-11(10)4-3-6-13(11)7-5-12-9/h9,12H,3-8H2,1-2H3. The van der Waals surface area contributed by atoms with Crippen LogP contribution >= 0.6 is 0 Å². The molecule has 2 nitrogen and oxygen atoms in total. The first-order valence-corrected chi connectivity index (χ1v) is 5.65. The quantitative estimate of drug-likeness (QED) is 0.603. The van der Waals surface area contributed by atoms with Gasteiger partial charge in [0.15, 0.2) is 0 Å². The topological polar surface area (TPSA) is 15.3 Å². The summed E-state index contributed by atoms with van der Waals surface area (Å²) < 4.78 is 0. The molecule has 1 spiro atoms. The summed E-state index contributed by atoms with van der Waals surface area (Å²) in [5, 5.41) is 3.69. The third-order valence-corrected chi connectivity index (χ3v) is 4.79. The van der Waals surface area contributed by atoms with Gasteiger partial charge < -0.3 is 5.32 Å². The summed E-state index contributed by atoms with van der Waals surface area (Å²) in [7, 11) is 0. The van der Waals surface area contributed by atoms with Crippen LogP contribution in [0, 0.1) is 5.41 Å². The molecule has 2 saturated heterocycles. The van der Waals surface area contributed by atoms with E-state index in [0.29, 0.717) is 11.0 Å². The van der Waals surface area contributed by atoms with Crippen LogP contribution in [0.5, 0.6) is 0 Å². The molecule has 13 heavy (non-hydrogen) atoms. The lowest BCUT2D eigenvalue weighted by atomic mass is 9.51. The fourth-order valence-corrected chi connectivity index (χ4v) is 4.18. The molecule has 0 aromatic heterocycles. The highest BCUT2D eigenvalue weighted by molar-refractivity contribution is 5.22. The van der Waals surface area contributed by atoms with E-state index in [-0.39, 0.29) is 0 Å². The minimum Gasteiger partial charge on any atom is -0.311 e. The highest BCUT2D eigenvalue weighted by Crippen LogP contribution is 2.58. The fourth-order valence-electron chi connectivity index (χ4n) is 4.18. The van der Waals surface area contributed by atoms with Crippen molar-refractivity contribution in [3.63, 3.8) is 0 Å². The van der Waals surface area contributed by atoms with E-state index in [2.05, 4.69) is 24.1 Å². The van der Waals surface area contributed by atoms with Crippen LogP contribution in [0.1, 0.15) is 33.1 Å². The number of hydrogen-bond donors (Lipinski definition) is 1. The first kappa shape index (κ1) is 8.25. The van der Waals surface area contributed by atoms with Gasteiger partial charge in [0, 0.05) is 24.7 Å². The maximum absolute atomic E-state index is 3.69. The van der Waals surface area contributed by atoms with Gasteiger partial charge in [0.1, 0.15) is 0 Å². The van der Waals surface area contributed by atoms with Gasteiger partial charge in [-0.05, 0) is 31.2 Å². The highest BCUT2D eigenvalue weighted by atomic mass is 15.3. The molecular formula is C11H20N2. The molecule has 2 unspecified atom stereocenters. The molecule has 0 radical (unpaired) electrons. The van der Waals surface area contributed by atoms with Crippen molar-refractivity contribution in [2.45, 2.75) is 44.7 Å². The Balaban J connectivity index is 1.98. The summed E-state index contributed by atoms with van der Waals surface area (Å²) in [4.78, 5) is 2.76. The van der Waals surface area contributed by atoms with Crippen LogP contribution in [0.4, 0.5) is 0 Å². The minimum absolute atomic E-state index is 0.547. The zero-order valence-corrected chi connectivity index (χ0v) is 8.77. The van der Waals surface area contributed by atoms with Crippen molar-refractivity contribution in [2.24, 2.45) is 5.41 Å². The van der Waals surface area contributed by atoms with Gasteiger partial charge in [-0.15, -0.1) is 0 Å². The van der Waals surface area contributed by atoms with E-state index in [1.165, 1.54) is 38.9 Å². The molecule has 2 heteroatoms. The summed E-state index contributed by atoms with van der Waals surface area (Å²) in [5.41, 5.74) is 1.10. The van der Waals surface area contributed by atoms with Gasteiger partial charge in [-0.3, -0.25) is 4.90 Å². The van der Waals surface area contributed by atoms with Crippen LogP contribution in [-0.4, -0.2) is 36.1 Å². The van der Waals surface area contributed by atoms with Crippen molar-refractivity contribution >= 4 is 0 Å². The normalized spacial score (nSPS) is 48.0. The molecule has 0 bridgehead atoms. The molecule has 2 heterocycles. The predicted octanol–water partition coefficient (Wildman–Crippen LogP) is 1.22. The van der Waals surface area contributed by atoms with Crippen molar-refractivity contribution in [3.8, 4) is 0 Å². The van der Waals surface area contributed by atoms with Crippen molar-refractivity contribution in [1.29, 1.82) is 0 Å². The SMILES string of the molecule is CC1(C)CC2NCCN3CCCC231. The summed E-state index contributed by atoms with van der Waals surface area (Å²) in [6.07, 6.45) is 4.22. The summed E-state index contributed by atoms with van der Waals surface area (Å²) in [6, 6.07) is 0.804. The number of piperazine rings is 1. The Bertz CT molecular complexity index is 236. The predicted molar refractivity (Wildman–Crippen MR) is 53.7 cm³/mol. The first-order valence-electron chi connectivity index (χ1n) is 5.65. The maximum atomic E-state index is 3.69. The van der Waals surface area contributed by atoms with E-state index in [0.717, 1.165) is 6.04 Å². The average molecular weight is 180 g/mol. The van der Waals surface area contributed by atoms with Gasteiger partial charge in [-0.25, -0.2) is 0 Å². The molecule has 3 fully saturated rings. The molecule has 0 amide bonds. The van der Waals surface area contributed by atoms with Crippen LogP contribution in [0.25, 0.3) is 0 Å². The number of hydrogen-bond acceptors (Lipinski definition) is 2. The lowest BCUT2D eigenvalue weighted by Gasteiger charge is -2.66. The van der Waals surface area contributed by atoms with E-state index in [9.17, 15) is 0 Å². The summed E-state index contributed by atoms with van der Waals surface area (Å²) >= 11 is 0. The van der Waals surface area contributed by atoms with E-state index in [4.69, 9.17) is 0 Å². The second-order valence-corrected chi connectivity index (χ2v) is 5.61. The second kappa shape index (κ2) is 2.29. The van der Waals surface area contributed by atoms with Crippen molar-refractivity contribution in [1.82, 2.24) is 10.2 Å². The van der Waals surface area contributed by atoms with Gasteiger partial charge in [0.25, 0.3) is 0 Å². The molecule has 2 atom stereocenters. The lowest BCUT2D eigenvalue weighted by molar-refractivity contribution is -0.127. The zero-order chi connectivity index (χ0) is 9.10. The van der Waals surface area contributed by atoms with E-state index in [1.807, 2.05) is 0 Å². The highest BCUT2D eigenvalue weighted by Gasteiger charge is 2.65. The van der Waals surface area contributed by atoms with Gasteiger partial charge in [0.2, 0.25) is 0 Å². The maximum Gasteiger partial charge on any atom is 0.0415 e. The molecule has 1 N–H and O–H groups in total. The molecular weight excluding hydrogens is 160 g/mol. The molecule has 2 aliphatic heterocycles. The smallest absolute Gasteiger partial charge is 0.0415 e. The number of rotatable bonds is 0. The van der Waals surface area contributed by atoms with Crippen molar-refractivity contribution < 1.29 is 0 Å². The van der Waals surface area contributed by atoms with Crippen molar-refractivity contribution in [3.05, 3.63) is 0 Å². The average Bonchev–Trinajstić information content (AvgIpc) is 2.50. The van der Waals surface area contributed by atoms with Crippen molar-refractivity contribution in [2.75, 3.05) is 19.6 Å².